The number of H-pyrrole nitrogens is 1. The van der Waals surface area contributed by atoms with Crippen LogP contribution in [0.15, 0.2) is 24.3 Å². The summed E-state index contributed by atoms with van der Waals surface area (Å²) in [5.41, 5.74) is 1.19. The van der Waals surface area contributed by atoms with Crippen molar-refractivity contribution < 1.29 is 19.1 Å². The molecule has 0 unspecified atom stereocenters. The molecule has 4 rings (SSSR count). The molecule has 1 saturated heterocycles. The molecule has 180 valence electrons. The van der Waals surface area contributed by atoms with Crippen LogP contribution in [-0.4, -0.2) is 53.2 Å². The molecule has 2 heterocycles. The molecule has 4 atom stereocenters. The zero-order valence-corrected chi connectivity index (χ0v) is 19.8. The monoisotopic (exact) mass is 464 g/mol. The van der Waals surface area contributed by atoms with Crippen molar-refractivity contribution in [3.05, 3.63) is 30.0 Å². The van der Waals surface area contributed by atoms with Gasteiger partial charge in [0.1, 0.15) is 29.3 Å². The molecule has 1 saturated carbocycles. The van der Waals surface area contributed by atoms with E-state index in [9.17, 15) is 19.6 Å². The number of rotatable bonds is 9. The number of nitrogens with one attached hydrogen (secondary N) is 2. The van der Waals surface area contributed by atoms with E-state index in [1.165, 1.54) is 0 Å². The molecular weight excluding hydrogens is 432 g/mol. The first kappa shape index (κ1) is 23.8. The van der Waals surface area contributed by atoms with E-state index in [0.717, 1.165) is 43.0 Å². The van der Waals surface area contributed by atoms with Crippen molar-refractivity contribution >= 4 is 28.5 Å². The number of ether oxygens (including phenoxy) is 1. The van der Waals surface area contributed by atoms with Crippen LogP contribution in [0.2, 0.25) is 0 Å². The molecule has 34 heavy (non-hydrogen) atoms. The van der Waals surface area contributed by atoms with Crippen molar-refractivity contribution in [3.8, 4) is 11.8 Å². The summed E-state index contributed by atoms with van der Waals surface area (Å²) in [4.78, 5) is 43.4. The summed E-state index contributed by atoms with van der Waals surface area (Å²) in [5, 5.41) is 13.2. The fraction of sp³-hybridized carbons (Fsp3) is 0.538. The van der Waals surface area contributed by atoms with E-state index in [4.69, 9.17) is 4.74 Å². The normalized spacial score (nSPS) is 22.8. The van der Waals surface area contributed by atoms with E-state index in [1.54, 1.807) is 18.1 Å². The maximum Gasteiger partial charge on any atom is 0.271 e. The van der Waals surface area contributed by atoms with Gasteiger partial charge in [-0.3, -0.25) is 14.4 Å². The third kappa shape index (κ3) is 4.65. The molecule has 1 aromatic carbocycles. The number of hydrogen-bond donors (Lipinski definition) is 2. The van der Waals surface area contributed by atoms with E-state index >= 15 is 0 Å². The number of ketones is 1. The van der Waals surface area contributed by atoms with Crippen LogP contribution in [0.5, 0.6) is 5.75 Å². The summed E-state index contributed by atoms with van der Waals surface area (Å²) in [6.07, 6.45) is 5.32. The first-order chi connectivity index (χ1) is 16.5. The lowest BCUT2D eigenvalue weighted by molar-refractivity contribution is -0.134. The SMILES string of the molecule is CCCC[C@H]1CN(C(=O)c2cc3c(OC)cccc3[nH]2)[C@@H]1C(=O)N[C@H](C#N)C[C@@H]1CCCC1=O. The minimum absolute atomic E-state index is 0.0512. The van der Waals surface area contributed by atoms with E-state index in [1.807, 2.05) is 18.2 Å². The van der Waals surface area contributed by atoms with Gasteiger partial charge < -0.3 is 19.9 Å². The van der Waals surface area contributed by atoms with Crippen LogP contribution < -0.4 is 10.1 Å². The summed E-state index contributed by atoms with van der Waals surface area (Å²) in [6, 6.07) is 8.10. The lowest BCUT2D eigenvalue weighted by atomic mass is 9.83. The van der Waals surface area contributed by atoms with Gasteiger partial charge in [0, 0.05) is 35.7 Å². The number of carbonyl (C=O) groups is 3. The van der Waals surface area contributed by atoms with Gasteiger partial charge in [-0.2, -0.15) is 5.26 Å². The van der Waals surface area contributed by atoms with Crippen LogP contribution in [0.3, 0.4) is 0 Å². The predicted octanol–water partition coefficient (Wildman–Crippen LogP) is 3.57. The number of benzene rings is 1. The highest BCUT2D eigenvalue weighted by molar-refractivity contribution is 6.02. The zero-order chi connectivity index (χ0) is 24.2. The van der Waals surface area contributed by atoms with Crippen LogP contribution in [0.4, 0.5) is 0 Å². The smallest absolute Gasteiger partial charge is 0.271 e. The number of hydrogen-bond acceptors (Lipinski definition) is 5. The van der Waals surface area contributed by atoms with Crippen molar-refractivity contribution in [1.82, 2.24) is 15.2 Å². The second-order valence-electron chi connectivity index (χ2n) is 9.39. The van der Waals surface area contributed by atoms with Gasteiger partial charge in [0.2, 0.25) is 5.91 Å². The third-order valence-corrected chi connectivity index (χ3v) is 7.17. The first-order valence-electron chi connectivity index (χ1n) is 12.2. The standard InChI is InChI=1S/C26H32N4O4/c1-3-4-7-17-15-30(26(33)21-13-19-20(29-21)9-6-11-23(19)34-2)24(17)25(32)28-18(14-27)12-16-8-5-10-22(16)31/h6,9,11,13,16-18,24,29H,3-5,7-8,10,12,15H2,1-2H3,(H,28,32)/t16-,17-,18-,24-/m0/s1. The molecule has 1 aliphatic carbocycles. The third-order valence-electron chi connectivity index (χ3n) is 7.17. The number of aromatic nitrogens is 1. The number of Topliss-reactive ketones (excluding diaryl/α,β-unsaturated/α-hetero) is 1. The number of unbranched alkanes of at least 4 members (excludes halogenated alkanes) is 1. The average molecular weight is 465 g/mol. The molecule has 2 fully saturated rings. The van der Waals surface area contributed by atoms with Crippen LogP contribution in [0.25, 0.3) is 10.9 Å². The van der Waals surface area contributed by atoms with Gasteiger partial charge in [-0.1, -0.05) is 25.8 Å². The second kappa shape index (κ2) is 10.3. The molecule has 1 aliphatic heterocycles. The quantitative estimate of drug-likeness (QED) is 0.589. The molecule has 0 spiro atoms. The summed E-state index contributed by atoms with van der Waals surface area (Å²) in [7, 11) is 1.59. The molecule has 2 aromatic rings. The minimum atomic E-state index is -0.735. The van der Waals surface area contributed by atoms with E-state index in [2.05, 4.69) is 23.3 Å². The number of nitrogens with zero attached hydrogens (tertiary/aromatic N) is 2. The van der Waals surface area contributed by atoms with Gasteiger partial charge in [-0.05, 0) is 43.9 Å². The number of likely N-dealkylation sites (tertiary alicyclic amines) is 1. The Balaban J connectivity index is 1.50. The van der Waals surface area contributed by atoms with Gasteiger partial charge in [-0.15, -0.1) is 0 Å². The first-order valence-corrected chi connectivity index (χ1v) is 12.2. The average Bonchev–Trinajstić information content (AvgIpc) is 3.43. The van der Waals surface area contributed by atoms with Crippen molar-refractivity contribution in [2.24, 2.45) is 11.8 Å². The fourth-order valence-electron chi connectivity index (χ4n) is 5.26. The molecule has 2 aliphatic rings. The van der Waals surface area contributed by atoms with Gasteiger partial charge in [0.25, 0.3) is 5.91 Å². The molecule has 2 amide bonds. The van der Waals surface area contributed by atoms with Crippen LogP contribution >= 0.6 is 0 Å². The zero-order valence-electron chi connectivity index (χ0n) is 19.8. The number of carbonyl (C=O) groups excluding carboxylic acids is 3. The van der Waals surface area contributed by atoms with Crippen molar-refractivity contribution in [3.63, 3.8) is 0 Å². The summed E-state index contributed by atoms with van der Waals surface area (Å²) >= 11 is 0. The number of amides is 2. The molecule has 0 bridgehead atoms. The molecular formula is C26H32N4O4. The Hall–Kier alpha value is -3.34. The maximum atomic E-state index is 13.4. The molecule has 8 heteroatoms. The Morgan fingerprint density at radius 3 is 2.88 bits per heavy atom. The van der Waals surface area contributed by atoms with E-state index in [-0.39, 0.29) is 29.4 Å². The summed E-state index contributed by atoms with van der Waals surface area (Å²) in [5.74, 6) is 0.170. The molecule has 8 nitrogen and oxygen atoms in total. The number of fused-ring (bicyclic) bond motifs is 1. The predicted molar refractivity (Wildman–Crippen MR) is 127 cm³/mol. The van der Waals surface area contributed by atoms with Crippen LogP contribution in [-0.2, 0) is 9.59 Å². The number of nitriles is 1. The largest absolute Gasteiger partial charge is 0.496 e. The highest BCUT2D eigenvalue weighted by atomic mass is 16.5. The Morgan fingerprint density at radius 1 is 1.38 bits per heavy atom. The Bertz CT molecular complexity index is 1120. The number of aromatic amines is 1. The maximum absolute atomic E-state index is 13.4. The Labute approximate surface area is 199 Å². The molecule has 1 aromatic heterocycles. The number of methoxy groups -OCH3 is 1. The Kier molecular flexibility index (Phi) is 7.20. The molecule has 0 radical (unpaired) electrons. The highest BCUT2D eigenvalue weighted by Crippen LogP contribution is 2.33. The van der Waals surface area contributed by atoms with E-state index in [0.29, 0.717) is 30.8 Å². The van der Waals surface area contributed by atoms with Gasteiger partial charge in [-0.25, -0.2) is 0 Å². The summed E-state index contributed by atoms with van der Waals surface area (Å²) < 4.78 is 5.40. The minimum Gasteiger partial charge on any atom is -0.496 e. The highest BCUT2D eigenvalue weighted by Gasteiger charge is 2.47. The summed E-state index contributed by atoms with van der Waals surface area (Å²) in [6.45, 7) is 2.60. The van der Waals surface area contributed by atoms with Crippen LogP contribution in [0, 0.1) is 23.2 Å². The second-order valence-corrected chi connectivity index (χ2v) is 9.39. The van der Waals surface area contributed by atoms with Crippen LogP contribution in [0.1, 0.15) is 62.4 Å². The fourth-order valence-corrected chi connectivity index (χ4v) is 5.26. The van der Waals surface area contributed by atoms with Crippen molar-refractivity contribution in [2.75, 3.05) is 13.7 Å². The van der Waals surface area contributed by atoms with Gasteiger partial charge in [0.15, 0.2) is 0 Å². The van der Waals surface area contributed by atoms with Gasteiger partial charge >= 0.3 is 0 Å². The van der Waals surface area contributed by atoms with E-state index < -0.39 is 12.1 Å². The Morgan fingerprint density at radius 2 is 2.21 bits per heavy atom. The van der Waals surface area contributed by atoms with Gasteiger partial charge in [0.05, 0.1) is 13.2 Å². The molecule has 2 N–H and O–H groups in total. The van der Waals surface area contributed by atoms with Crippen molar-refractivity contribution in [1.29, 1.82) is 5.26 Å². The topological polar surface area (TPSA) is 115 Å². The lowest BCUT2D eigenvalue weighted by Gasteiger charge is -2.47. The van der Waals surface area contributed by atoms with Crippen molar-refractivity contribution in [2.45, 2.75) is 64.0 Å². The lowest BCUT2D eigenvalue weighted by Crippen LogP contribution is -2.65.